The van der Waals surface area contributed by atoms with Crippen molar-refractivity contribution in [1.29, 1.82) is 5.41 Å². The summed E-state index contributed by atoms with van der Waals surface area (Å²) in [6.07, 6.45) is 2.22. The van der Waals surface area contributed by atoms with Gasteiger partial charge in [0.1, 0.15) is 0 Å². The van der Waals surface area contributed by atoms with Crippen LogP contribution in [0.4, 0.5) is 0 Å². The van der Waals surface area contributed by atoms with Crippen molar-refractivity contribution in [1.82, 2.24) is 0 Å². The highest BCUT2D eigenvalue weighted by Gasteiger charge is 2.06. The van der Waals surface area contributed by atoms with Gasteiger partial charge in [-0.2, -0.15) is 0 Å². The Morgan fingerprint density at radius 3 is 2.70 bits per heavy atom. The SMILES string of the molecule is CCCC(=N)C(N)CCO. The Hall–Kier alpha value is -0.410. The van der Waals surface area contributed by atoms with E-state index in [1.54, 1.807) is 0 Å². The third kappa shape index (κ3) is 3.58. The summed E-state index contributed by atoms with van der Waals surface area (Å²) in [4.78, 5) is 0. The minimum Gasteiger partial charge on any atom is -0.396 e. The van der Waals surface area contributed by atoms with Crippen molar-refractivity contribution in [3.8, 4) is 0 Å². The molecule has 0 aromatic heterocycles. The Kier molecular flexibility index (Phi) is 5.16. The molecule has 0 saturated heterocycles. The van der Waals surface area contributed by atoms with Crippen LogP contribution in [0.15, 0.2) is 0 Å². The van der Waals surface area contributed by atoms with Gasteiger partial charge in [0.2, 0.25) is 0 Å². The van der Waals surface area contributed by atoms with Crippen LogP contribution in [0.5, 0.6) is 0 Å². The van der Waals surface area contributed by atoms with Gasteiger partial charge in [-0.05, 0) is 12.8 Å². The third-order valence-electron chi connectivity index (χ3n) is 1.41. The lowest BCUT2D eigenvalue weighted by Crippen LogP contribution is -2.30. The first-order valence-electron chi connectivity index (χ1n) is 3.66. The molecular weight excluding hydrogens is 128 g/mol. The molecule has 0 bridgehead atoms. The quantitative estimate of drug-likeness (QED) is 0.492. The van der Waals surface area contributed by atoms with Gasteiger partial charge in [-0.3, -0.25) is 0 Å². The van der Waals surface area contributed by atoms with Crippen LogP contribution in [-0.4, -0.2) is 23.5 Å². The number of hydrogen-bond acceptors (Lipinski definition) is 3. The van der Waals surface area contributed by atoms with E-state index in [2.05, 4.69) is 0 Å². The molecule has 1 atom stereocenters. The second kappa shape index (κ2) is 5.38. The molecule has 0 spiro atoms. The van der Waals surface area contributed by atoms with E-state index in [0.717, 1.165) is 12.8 Å². The lowest BCUT2D eigenvalue weighted by Gasteiger charge is -2.09. The number of aliphatic hydroxyl groups is 1. The van der Waals surface area contributed by atoms with Crippen LogP contribution in [0.25, 0.3) is 0 Å². The number of nitrogens with two attached hydrogens (primary N) is 1. The molecule has 1 unspecified atom stereocenters. The van der Waals surface area contributed by atoms with Gasteiger partial charge in [-0.1, -0.05) is 13.3 Å². The van der Waals surface area contributed by atoms with E-state index in [1.165, 1.54) is 0 Å². The van der Waals surface area contributed by atoms with Crippen LogP contribution in [0, 0.1) is 5.41 Å². The fourth-order valence-electron chi connectivity index (χ4n) is 0.768. The fraction of sp³-hybridized carbons (Fsp3) is 0.857. The van der Waals surface area contributed by atoms with Crippen molar-refractivity contribution in [2.45, 2.75) is 32.2 Å². The zero-order chi connectivity index (χ0) is 7.98. The fourth-order valence-corrected chi connectivity index (χ4v) is 0.768. The van der Waals surface area contributed by atoms with Gasteiger partial charge in [0.05, 0.1) is 0 Å². The molecule has 0 aliphatic heterocycles. The van der Waals surface area contributed by atoms with Crippen LogP contribution in [-0.2, 0) is 0 Å². The molecule has 0 amide bonds. The first kappa shape index (κ1) is 9.59. The van der Waals surface area contributed by atoms with E-state index in [1.807, 2.05) is 6.92 Å². The molecule has 0 rings (SSSR count). The first-order valence-corrected chi connectivity index (χ1v) is 3.66. The molecule has 3 nitrogen and oxygen atoms in total. The normalized spacial score (nSPS) is 13.1. The van der Waals surface area contributed by atoms with E-state index < -0.39 is 0 Å². The second-order valence-electron chi connectivity index (χ2n) is 2.39. The van der Waals surface area contributed by atoms with Gasteiger partial charge < -0.3 is 16.2 Å². The molecule has 0 aliphatic carbocycles. The molecule has 0 fully saturated rings. The van der Waals surface area contributed by atoms with Gasteiger partial charge >= 0.3 is 0 Å². The maximum Gasteiger partial charge on any atom is 0.0449 e. The van der Waals surface area contributed by atoms with Gasteiger partial charge in [-0.25, -0.2) is 0 Å². The maximum absolute atomic E-state index is 8.48. The summed E-state index contributed by atoms with van der Waals surface area (Å²) in [6.45, 7) is 2.09. The van der Waals surface area contributed by atoms with Crippen molar-refractivity contribution in [3.05, 3.63) is 0 Å². The Bertz CT molecular complexity index is 104. The zero-order valence-corrected chi connectivity index (χ0v) is 6.43. The van der Waals surface area contributed by atoms with Crippen LogP contribution in [0.2, 0.25) is 0 Å². The van der Waals surface area contributed by atoms with Crippen LogP contribution >= 0.6 is 0 Å². The molecule has 0 aliphatic rings. The smallest absolute Gasteiger partial charge is 0.0449 e. The van der Waals surface area contributed by atoms with Gasteiger partial charge in [-0.15, -0.1) is 0 Å². The van der Waals surface area contributed by atoms with E-state index in [4.69, 9.17) is 16.2 Å². The summed E-state index contributed by atoms with van der Waals surface area (Å²) in [5, 5.41) is 15.8. The molecule has 0 aromatic rings. The monoisotopic (exact) mass is 144 g/mol. The van der Waals surface area contributed by atoms with Gasteiger partial charge in [0.15, 0.2) is 0 Å². The Balaban J connectivity index is 3.49. The number of aliphatic hydroxyl groups excluding tert-OH is 1. The molecule has 4 N–H and O–H groups in total. The van der Waals surface area contributed by atoms with Crippen molar-refractivity contribution < 1.29 is 5.11 Å². The minimum atomic E-state index is -0.232. The Labute approximate surface area is 61.7 Å². The Morgan fingerprint density at radius 2 is 2.30 bits per heavy atom. The molecule has 0 heterocycles. The standard InChI is InChI=1S/C7H16N2O/c1-2-3-6(8)7(9)4-5-10/h7-8,10H,2-5,9H2,1H3. The summed E-state index contributed by atoms with van der Waals surface area (Å²) in [7, 11) is 0. The Morgan fingerprint density at radius 1 is 1.70 bits per heavy atom. The van der Waals surface area contributed by atoms with Crippen molar-refractivity contribution >= 4 is 5.71 Å². The summed E-state index contributed by atoms with van der Waals surface area (Å²) in [5.41, 5.74) is 6.08. The molecule has 0 aromatic carbocycles. The predicted molar refractivity (Wildman–Crippen MR) is 42.3 cm³/mol. The second-order valence-corrected chi connectivity index (χ2v) is 2.39. The first-order chi connectivity index (χ1) is 4.72. The molecule has 10 heavy (non-hydrogen) atoms. The third-order valence-corrected chi connectivity index (χ3v) is 1.41. The summed E-state index contributed by atoms with van der Waals surface area (Å²) < 4.78 is 0. The number of nitrogens with one attached hydrogen (secondary N) is 1. The summed E-state index contributed by atoms with van der Waals surface area (Å²) >= 11 is 0. The van der Waals surface area contributed by atoms with Crippen LogP contribution in [0.1, 0.15) is 26.2 Å². The van der Waals surface area contributed by atoms with E-state index in [-0.39, 0.29) is 12.6 Å². The highest BCUT2D eigenvalue weighted by atomic mass is 16.3. The molecule has 60 valence electrons. The minimum absolute atomic E-state index is 0.0766. The maximum atomic E-state index is 8.48. The van der Waals surface area contributed by atoms with E-state index >= 15 is 0 Å². The van der Waals surface area contributed by atoms with Crippen molar-refractivity contribution in [3.63, 3.8) is 0 Å². The number of rotatable bonds is 5. The molecule has 0 radical (unpaired) electrons. The molecule has 0 saturated carbocycles. The van der Waals surface area contributed by atoms with Gasteiger partial charge in [0, 0.05) is 18.4 Å². The number of hydrogen-bond donors (Lipinski definition) is 3. The largest absolute Gasteiger partial charge is 0.396 e. The van der Waals surface area contributed by atoms with Gasteiger partial charge in [0.25, 0.3) is 0 Å². The van der Waals surface area contributed by atoms with Crippen LogP contribution < -0.4 is 5.73 Å². The topological polar surface area (TPSA) is 70.1 Å². The highest BCUT2D eigenvalue weighted by Crippen LogP contribution is 1.96. The summed E-state index contributed by atoms with van der Waals surface area (Å²) in [5.74, 6) is 0. The molecular formula is C7H16N2O. The lowest BCUT2D eigenvalue weighted by atomic mass is 10.1. The van der Waals surface area contributed by atoms with Crippen molar-refractivity contribution in [2.75, 3.05) is 6.61 Å². The van der Waals surface area contributed by atoms with E-state index in [0.29, 0.717) is 12.1 Å². The molecule has 3 heteroatoms. The predicted octanol–water partition coefficient (Wildman–Crippen LogP) is 0.516. The van der Waals surface area contributed by atoms with Crippen molar-refractivity contribution in [2.24, 2.45) is 5.73 Å². The summed E-state index contributed by atoms with van der Waals surface area (Å²) in [6, 6.07) is -0.232. The average Bonchev–Trinajstić information content (AvgIpc) is 1.89. The van der Waals surface area contributed by atoms with E-state index in [9.17, 15) is 0 Å². The average molecular weight is 144 g/mol. The van der Waals surface area contributed by atoms with Crippen LogP contribution in [0.3, 0.4) is 0 Å². The highest BCUT2D eigenvalue weighted by molar-refractivity contribution is 5.86. The zero-order valence-electron chi connectivity index (χ0n) is 6.43. The lowest BCUT2D eigenvalue weighted by molar-refractivity contribution is 0.284.